The molecule has 0 atom stereocenters. The summed E-state index contributed by atoms with van der Waals surface area (Å²) in [5, 5.41) is 2.52. The van der Waals surface area contributed by atoms with Crippen LogP contribution in [0.4, 0.5) is 4.39 Å². The van der Waals surface area contributed by atoms with Gasteiger partial charge in [-0.05, 0) is 11.6 Å². The molecule has 1 heterocycles. The van der Waals surface area contributed by atoms with Crippen LogP contribution in [0.2, 0.25) is 0 Å². The Morgan fingerprint density at radius 3 is 3.00 bits per heavy atom. The molecule has 4 heteroatoms. The van der Waals surface area contributed by atoms with Gasteiger partial charge in [0.05, 0.1) is 5.56 Å². The van der Waals surface area contributed by atoms with E-state index in [-0.39, 0.29) is 11.5 Å². The largest absolute Gasteiger partial charge is 0.348 e. The normalized spacial score (nSPS) is 14.2. The summed E-state index contributed by atoms with van der Waals surface area (Å²) in [5.74, 6) is -0.900. The van der Waals surface area contributed by atoms with Gasteiger partial charge in [-0.3, -0.25) is 4.79 Å². The van der Waals surface area contributed by atoms with E-state index in [0.29, 0.717) is 17.6 Å². The molecule has 0 saturated carbocycles. The predicted molar refractivity (Wildman–Crippen MR) is 43.0 cm³/mol. The highest BCUT2D eigenvalue weighted by Crippen LogP contribution is 2.16. The van der Waals surface area contributed by atoms with Gasteiger partial charge < -0.3 is 5.32 Å². The first-order valence-corrected chi connectivity index (χ1v) is 3.54. The summed E-state index contributed by atoms with van der Waals surface area (Å²) >= 11 is 0. The molecule has 12 heavy (non-hydrogen) atoms. The highest BCUT2D eigenvalue weighted by atomic mass is 19.1. The Kier molecular flexibility index (Phi) is 1.43. The fourth-order valence-electron chi connectivity index (χ4n) is 1.34. The van der Waals surface area contributed by atoms with Crippen LogP contribution in [0, 0.1) is 5.82 Å². The van der Waals surface area contributed by atoms with E-state index < -0.39 is 5.82 Å². The van der Waals surface area contributed by atoms with Gasteiger partial charge in [-0.2, -0.15) is 0 Å². The third-order valence-electron chi connectivity index (χ3n) is 1.86. The number of carbonyl (C=O) groups excluding carboxylic acids is 1. The van der Waals surface area contributed by atoms with E-state index in [2.05, 4.69) is 5.32 Å². The molecule has 0 bridgehead atoms. The fourth-order valence-corrected chi connectivity index (χ4v) is 1.34. The average Bonchev–Trinajstić information content (AvgIpc) is 2.31. The van der Waals surface area contributed by atoms with Gasteiger partial charge in [0, 0.05) is 6.54 Å². The average molecular weight is 161 g/mol. The fraction of sp³-hybridized carbons (Fsp3) is 0.125. The van der Waals surface area contributed by atoms with E-state index in [1.165, 1.54) is 0 Å². The molecule has 0 saturated heterocycles. The molecule has 0 aliphatic carbocycles. The lowest BCUT2D eigenvalue weighted by molar-refractivity contribution is 0.0962. The third-order valence-corrected chi connectivity index (χ3v) is 1.86. The number of carbonyl (C=O) groups is 1. The Labute approximate surface area is 70.2 Å². The van der Waals surface area contributed by atoms with Crippen LogP contribution in [0.15, 0.2) is 12.1 Å². The maximum absolute atomic E-state index is 13.1. The quantitative estimate of drug-likeness (QED) is 0.527. The molecule has 1 amide bonds. The molecule has 0 spiro atoms. The number of fused-ring (bicyclic) bond motifs is 1. The molecule has 1 aromatic carbocycles. The van der Waals surface area contributed by atoms with Crippen molar-refractivity contribution in [2.75, 3.05) is 0 Å². The van der Waals surface area contributed by atoms with Crippen LogP contribution in [0.3, 0.4) is 0 Å². The van der Waals surface area contributed by atoms with Gasteiger partial charge in [0.25, 0.3) is 5.91 Å². The lowest BCUT2D eigenvalue weighted by atomic mass is 9.92. The zero-order valence-corrected chi connectivity index (χ0v) is 6.23. The van der Waals surface area contributed by atoms with E-state index in [0.717, 1.165) is 6.07 Å². The molecule has 1 N–H and O–H groups in total. The van der Waals surface area contributed by atoms with Crippen molar-refractivity contribution in [3.05, 3.63) is 29.1 Å². The van der Waals surface area contributed by atoms with Crippen molar-refractivity contribution in [3.8, 4) is 0 Å². The maximum atomic E-state index is 13.1. The summed E-state index contributed by atoms with van der Waals surface area (Å²) in [5.41, 5.74) is 1.12. The number of benzene rings is 1. The number of rotatable bonds is 0. The minimum atomic E-state index is -0.542. The number of hydrogen-bond acceptors (Lipinski definition) is 1. The van der Waals surface area contributed by atoms with Crippen LogP contribution >= 0.6 is 0 Å². The standard InChI is InChI=1S/C8H5BFNO/c9-5-1-4-3-11-8(12)7(4)6(10)2-5/h1-2H,3H2,(H,11,12). The van der Waals surface area contributed by atoms with Gasteiger partial charge >= 0.3 is 0 Å². The Morgan fingerprint density at radius 2 is 2.25 bits per heavy atom. The Balaban J connectivity index is 2.68. The second kappa shape index (κ2) is 2.34. The number of halogens is 1. The Morgan fingerprint density at radius 1 is 1.50 bits per heavy atom. The van der Waals surface area contributed by atoms with Crippen LogP contribution in [-0.4, -0.2) is 13.8 Å². The summed E-state index contributed by atoms with van der Waals surface area (Å²) in [6.07, 6.45) is 0. The lowest BCUT2D eigenvalue weighted by Crippen LogP contribution is -2.13. The molecule has 58 valence electrons. The van der Waals surface area contributed by atoms with Gasteiger partial charge in [-0.1, -0.05) is 11.5 Å². The second-order valence-corrected chi connectivity index (χ2v) is 2.72. The van der Waals surface area contributed by atoms with Gasteiger partial charge in [0.15, 0.2) is 0 Å². The van der Waals surface area contributed by atoms with E-state index >= 15 is 0 Å². The number of nitrogens with one attached hydrogen (secondary N) is 1. The Bertz CT molecular complexity index is 364. The summed E-state index contributed by atoms with van der Waals surface area (Å²) < 4.78 is 13.1. The molecule has 1 aliphatic heterocycles. The molecular formula is C8H5BFNO. The molecule has 2 nitrogen and oxygen atoms in total. The maximum Gasteiger partial charge on any atom is 0.254 e. The van der Waals surface area contributed by atoms with Crippen molar-refractivity contribution in [2.45, 2.75) is 6.54 Å². The molecule has 1 aliphatic rings. The predicted octanol–water partition coefficient (Wildman–Crippen LogP) is -0.137. The van der Waals surface area contributed by atoms with Crippen molar-refractivity contribution in [2.24, 2.45) is 0 Å². The van der Waals surface area contributed by atoms with Crippen molar-refractivity contribution in [1.29, 1.82) is 0 Å². The molecule has 0 fully saturated rings. The van der Waals surface area contributed by atoms with E-state index in [1.54, 1.807) is 6.07 Å². The molecular weight excluding hydrogens is 156 g/mol. The first-order chi connectivity index (χ1) is 5.68. The van der Waals surface area contributed by atoms with Crippen molar-refractivity contribution in [3.63, 3.8) is 0 Å². The zero-order chi connectivity index (χ0) is 8.72. The minimum absolute atomic E-state index is 0.129. The minimum Gasteiger partial charge on any atom is -0.348 e. The second-order valence-electron chi connectivity index (χ2n) is 2.72. The number of hydrogen-bond donors (Lipinski definition) is 1. The zero-order valence-electron chi connectivity index (χ0n) is 6.23. The van der Waals surface area contributed by atoms with E-state index in [4.69, 9.17) is 7.85 Å². The van der Waals surface area contributed by atoms with Crippen LogP contribution < -0.4 is 10.8 Å². The Hall–Kier alpha value is -1.32. The summed E-state index contributed by atoms with van der Waals surface area (Å²) in [7, 11) is 5.40. The monoisotopic (exact) mass is 161 g/mol. The number of amides is 1. The lowest BCUT2D eigenvalue weighted by Gasteiger charge is -1.99. The molecule has 0 unspecified atom stereocenters. The SMILES string of the molecule is [B]c1cc(F)c2c(c1)CNC2=O. The molecule has 1 aromatic rings. The first-order valence-electron chi connectivity index (χ1n) is 3.54. The first kappa shape index (κ1) is 7.34. The molecule has 0 aromatic heterocycles. The topological polar surface area (TPSA) is 29.1 Å². The van der Waals surface area contributed by atoms with Crippen LogP contribution in [-0.2, 0) is 6.54 Å². The smallest absolute Gasteiger partial charge is 0.254 e. The summed E-state index contributed by atoms with van der Waals surface area (Å²) in [6, 6.07) is 2.76. The third kappa shape index (κ3) is 0.914. The molecule has 2 radical (unpaired) electrons. The van der Waals surface area contributed by atoms with Crippen molar-refractivity contribution < 1.29 is 9.18 Å². The highest BCUT2D eigenvalue weighted by molar-refractivity contribution is 6.32. The van der Waals surface area contributed by atoms with E-state index in [9.17, 15) is 9.18 Å². The van der Waals surface area contributed by atoms with Gasteiger partial charge in [-0.25, -0.2) is 4.39 Å². The van der Waals surface area contributed by atoms with Gasteiger partial charge in [-0.15, -0.1) is 0 Å². The summed E-state index contributed by atoms with van der Waals surface area (Å²) in [6.45, 7) is 0.371. The van der Waals surface area contributed by atoms with Crippen molar-refractivity contribution >= 4 is 19.2 Å². The summed E-state index contributed by atoms with van der Waals surface area (Å²) in [4.78, 5) is 11.0. The van der Waals surface area contributed by atoms with Gasteiger partial charge in [0.1, 0.15) is 13.7 Å². The van der Waals surface area contributed by atoms with Crippen LogP contribution in [0.5, 0.6) is 0 Å². The van der Waals surface area contributed by atoms with Crippen molar-refractivity contribution in [1.82, 2.24) is 5.32 Å². The van der Waals surface area contributed by atoms with E-state index in [1.807, 2.05) is 0 Å². The van der Waals surface area contributed by atoms with Gasteiger partial charge in [0.2, 0.25) is 0 Å². The van der Waals surface area contributed by atoms with Crippen LogP contribution in [0.1, 0.15) is 15.9 Å². The van der Waals surface area contributed by atoms with Crippen LogP contribution in [0.25, 0.3) is 0 Å². The molecule has 2 rings (SSSR count). The highest BCUT2D eigenvalue weighted by Gasteiger charge is 2.22.